The average Bonchev–Trinajstić information content (AvgIpc) is 2.32. The van der Waals surface area contributed by atoms with E-state index in [1.165, 1.54) is 0 Å². The summed E-state index contributed by atoms with van der Waals surface area (Å²) in [6.45, 7) is 7.12. The van der Waals surface area contributed by atoms with Crippen LogP contribution in [0.4, 0.5) is 5.69 Å². The SMILES string of the molecule is CCOCC(=O)N(Cc1cccc(N)c1)C(C)C. The summed E-state index contributed by atoms with van der Waals surface area (Å²) in [5, 5.41) is 0. The molecule has 0 atom stereocenters. The lowest BCUT2D eigenvalue weighted by Gasteiger charge is -2.27. The first-order valence-corrected chi connectivity index (χ1v) is 6.26. The molecular formula is C14H22N2O2. The van der Waals surface area contributed by atoms with Crippen molar-refractivity contribution in [2.24, 2.45) is 0 Å². The first-order valence-electron chi connectivity index (χ1n) is 6.26. The first kappa shape index (κ1) is 14.5. The number of carbonyl (C=O) groups is 1. The molecule has 0 spiro atoms. The summed E-state index contributed by atoms with van der Waals surface area (Å²) in [7, 11) is 0. The normalized spacial score (nSPS) is 10.7. The molecule has 0 aliphatic rings. The Morgan fingerprint density at radius 1 is 1.44 bits per heavy atom. The van der Waals surface area contributed by atoms with Crippen LogP contribution in [0.1, 0.15) is 26.3 Å². The van der Waals surface area contributed by atoms with Crippen LogP contribution in [-0.4, -0.2) is 30.1 Å². The van der Waals surface area contributed by atoms with Gasteiger partial charge < -0.3 is 15.4 Å². The largest absolute Gasteiger partial charge is 0.399 e. The highest BCUT2D eigenvalue weighted by molar-refractivity contribution is 5.77. The molecule has 0 saturated carbocycles. The third-order valence-electron chi connectivity index (χ3n) is 2.68. The van der Waals surface area contributed by atoms with E-state index in [1.54, 1.807) is 4.90 Å². The van der Waals surface area contributed by atoms with Gasteiger partial charge in [0.15, 0.2) is 0 Å². The maximum absolute atomic E-state index is 12.0. The Morgan fingerprint density at radius 3 is 2.72 bits per heavy atom. The molecule has 1 aromatic rings. The van der Waals surface area contributed by atoms with Gasteiger partial charge in [-0.1, -0.05) is 12.1 Å². The molecule has 0 fully saturated rings. The van der Waals surface area contributed by atoms with Crippen LogP contribution in [0.2, 0.25) is 0 Å². The summed E-state index contributed by atoms with van der Waals surface area (Å²) in [5.41, 5.74) is 7.49. The van der Waals surface area contributed by atoms with Crippen LogP contribution in [0.3, 0.4) is 0 Å². The van der Waals surface area contributed by atoms with Crippen molar-refractivity contribution in [1.82, 2.24) is 4.90 Å². The van der Waals surface area contributed by atoms with Gasteiger partial charge in [0.2, 0.25) is 5.91 Å². The molecule has 0 aliphatic heterocycles. The van der Waals surface area contributed by atoms with E-state index in [0.29, 0.717) is 18.8 Å². The highest BCUT2D eigenvalue weighted by Gasteiger charge is 2.17. The predicted octanol–water partition coefficient (Wildman–Crippen LogP) is 2.04. The van der Waals surface area contributed by atoms with E-state index in [1.807, 2.05) is 45.0 Å². The molecule has 0 aliphatic carbocycles. The maximum atomic E-state index is 12.0. The molecule has 100 valence electrons. The van der Waals surface area contributed by atoms with Crippen molar-refractivity contribution < 1.29 is 9.53 Å². The van der Waals surface area contributed by atoms with Gasteiger partial charge in [-0.2, -0.15) is 0 Å². The molecule has 0 heterocycles. The lowest BCUT2D eigenvalue weighted by Crippen LogP contribution is -2.38. The molecule has 0 bridgehead atoms. The number of nitrogens with two attached hydrogens (primary N) is 1. The van der Waals surface area contributed by atoms with Crippen molar-refractivity contribution in [3.8, 4) is 0 Å². The third kappa shape index (κ3) is 4.37. The Bertz CT molecular complexity index is 391. The van der Waals surface area contributed by atoms with Crippen molar-refractivity contribution in [1.29, 1.82) is 0 Å². The van der Waals surface area contributed by atoms with Gasteiger partial charge in [-0.25, -0.2) is 0 Å². The Balaban J connectivity index is 2.71. The van der Waals surface area contributed by atoms with Gasteiger partial charge in [-0.3, -0.25) is 4.79 Å². The monoisotopic (exact) mass is 250 g/mol. The standard InChI is InChI=1S/C14H22N2O2/c1-4-18-10-14(17)16(11(2)3)9-12-6-5-7-13(15)8-12/h5-8,11H,4,9-10,15H2,1-3H3. The van der Waals surface area contributed by atoms with Gasteiger partial charge in [0.25, 0.3) is 0 Å². The fraction of sp³-hybridized carbons (Fsp3) is 0.500. The maximum Gasteiger partial charge on any atom is 0.249 e. The minimum absolute atomic E-state index is 0.00859. The van der Waals surface area contributed by atoms with Crippen molar-refractivity contribution in [3.05, 3.63) is 29.8 Å². The summed E-state index contributed by atoms with van der Waals surface area (Å²) in [5.74, 6) is 0.00859. The van der Waals surface area contributed by atoms with Crippen molar-refractivity contribution in [3.63, 3.8) is 0 Å². The number of nitrogen functional groups attached to an aromatic ring is 1. The minimum atomic E-state index is 0.00859. The molecule has 2 N–H and O–H groups in total. The van der Waals surface area contributed by atoms with Crippen LogP contribution >= 0.6 is 0 Å². The van der Waals surface area contributed by atoms with E-state index >= 15 is 0 Å². The van der Waals surface area contributed by atoms with Crippen LogP contribution < -0.4 is 5.73 Å². The predicted molar refractivity (Wildman–Crippen MR) is 73.0 cm³/mol. The zero-order chi connectivity index (χ0) is 13.5. The average molecular weight is 250 g/mol. The number of nitrogens with zero attached hydrogens (tertiary/aromatic N) is 1. The van der Waals surface area contributed by atoms with Gasteiger partial charge in [-0.05, 0) is 38.5 Å². The van der Waals surface area contributed by atoms with Gasteiger partial charge in [-0.15, -0.1) is 0 Å². The van der Waals surface area contributed by atoms with Crippen LogP contribution in [-0.2, 0) is 16.1 Å². The zero-order valence-electron chi connectivity index (χ0n) is 11.3. The Kier molecular flexibility index (Phi) is 5.65. The Labute approximate surface area is 109 Å². The number of benzene rings is 1. The van der Waals surface area contributed by atoms with Crippen molar-refractivity contribution in [2.75, 3.05) is 18.9 Å². The Morgan fingerprint density at radius 2 is 2.17 bits per heavy atom. The lowest BCUT2D eigenvalue weighted by molar-refractivity contribution is -0.138. The molecule has 4 nitrogen and oxygen atoms in total. The minimum Gasteiger partial charge on any atom is -0.399 e. The lowest BCUT2D eigenvalue weighted by atomic mass is 10.1. The molecule has 4 heteroatoms. The number of hydrogen-bond acceptors (Lipinski definition) is 3. The second-order valence-electron chi connectivity index (χ2n) is 4.50. The number of amides is 1. The highest BCUT2D eigenvalue weighted by Crippen LogP contribution is 2.12. The molecule has 18 heavy (non-hydrogen) atoms. The van der Waals surface area contributed by atoms with Crippen molar-refractivity contribution in [2.45, 2.75) is 33.4 Å². The van der Waals surface area contributed by atoms with E-state index in [9.17, 15) is 4.79 Å². The van der Waals surface area contributed by atoms with Crippen LogP contribution in [0.5, 0.6) is 0 Å². The molecule has 1 rings (SSSR count). The van der Waals surface area contributed by atoms with Crippen LogP contribution in [0.15, 0.2) is 24.3 Å². The van der Waals surface area contributed by atoms with Gasteiger partial charge in [0, 0.05) is 24.9 Å². The van der Waals surface area contributed by atoms with Gasteiger partial charge in [0.05, 0.1) is 0 Å². The van der Waals surface area contributed by atoms with Gasteiger partial charge in [0.1, 0.15) is 6.61 Å². The van der Waals surface area contributed by atoms with E-state index < -0.39 is 0 Å². The number of hydrogen-bond donors (Lipinski definition) is 1. The summed E-state index contributed by atoms with van der Waals surface area (Å²) >= 11 is 0. The molecule has 1 amide bonds. The molecule has 0 aromatic heterocycles. The van der Waals surface area contributed by atoms with Crippen molar-refractivity contribution >= 4 is 11.6 Å². The number of carbonyl (C=O) groups excluding carboxylic acids is 1. The topological polar surface area (TPSA) is 55.6 Å². The molecule has 0 saturated heterocycles. The second-order valence-corrected chi connectivity index (χ2v) is 4.50. The fourth-order valence-electron chi connectivity index (χ4n) is 1.72. The number of rotatable bonds is 6. The number of ether oxygens (including phenoxy) is 1. The van der Waals surface area contributed by atoms with Crippen LogP contribution in [0, 0.1) is 0 Å². The van der Waals surface area contributed by atoms with E-state index in [-0.39, 0.29) is 18.6 Å². The third-order valence-corrected chi connectivity index (χ3v) is 2.68. The van der Waals surface area contributed by atoms with E-state index in [0.717, 1.165) is 5.56 Å². The fourth-order valence-corrected chi connectivity index (χ4v) is 1.72. The summed E-state index contributed by atoms with van der Waals surface area (Å²) in [6.07, 6.45) is 0. The molecule has 1 aromatic carbocycles. The highest BCUT2D eigenvalue weighted by atomic mass is 16.5. The summed E-state index contributed by atoms with van der Waals surface area (Å²) in [4.78, 5) is 13.8. The molecule has 0 unspecified atom stereocenters. The molecular weight excluding hydrogens is 228 g/mol. The first-order chi connectivity index (χ1) is 8.54. The molecule has 0 radical (unpaired) electrons. The summed E-state index contributed by atoms with van der Waals surface area (Å²) < 4.78 is 5.17. The second kappa shape index (κ2) is 7.01. The van der Waals surface area contributed by atoms with E-state index in [2.05, 4.69) is 0 Å². The number of anilines is 1. The Hall–Kier alpha value is -1.55. The quantitative estimate of drug-likeness (QED) is 0.786. The smallest absolute Gasteiger partial charge is 0.249 e. The van der Waals surface area contributed by atoms with Gasteiger partial charge >= 0.3 is 0 Å². The van der Waals surface area contributed by atoms with Crippen LogP contribution in [0.25, 0.3) is 0 Å². The zero-order valence-corrected chi connectivity index (χ0v) is 11.3. The van der Waals surface area contributed by atoms with E-state index in [4.69, 9.17) is 10.5 Å². The summed E-state index contributed by atoms with van der Waals surface area (Å²) in [6, 6.07) is 7.74.